The van der Waals surface area contributed by atoms with Crippen LogP contribution in [0.2, 0.25) is 0 Å². The van der Waals surface area contributed by atoms with Gasteiger partial charge in [0.2, 0.25) is 0 Å². The van der Waals surface area contributed by atoms with E-state index in [4.69, 9.17) is 10.2 Å². The molecule has 1 aliphatic carbocycles. The Morgan fingerprint density at radius 3 is 2.40 bits per heavy atom. The van der Waals surface area contributed by atoms with Crippen LogP contribution in [0.15, 0.2) is 23.3 Å². The lowest BCUT2D eigenvalue weighted by Gasteiger charge is -2.28. The summed E-state index contributed by atoms with van der Waals surface area (Å²) < 4.78 is 0. The molecule has 4 heteroatoms. The first-order valence-corrected chi connectivity index (χ1v) is 4.78. The van der Waals surface area contributed by atoms with Crippen molar-refractivity contribution in [3.63, 3.8) is 0 Å². The van der Waals surface area contributed by atoms with E-state index in [2.05, 4.69) is 0 Å². The van der Waals surface area contributed by atoms with Gasteiger partial charge in [0, 0.05) is 5.57 Å². The third kappa shape index (κ3) is 2.46. The number of rotatable bonds is 3. The van der Waals surface area contributed by atoms with Crippen molar-refractivity contribution in [1.82, 2.24) is 0 Å². The SMILES string of the molecule is CCC1(C)C=C(C(=O)O)C=C(C(=O)O)C1. The molecule has 0 aromatic heterocycles. The third-order valence-corrected chi connectivity index (χ3v) is 2.76. The number of carbonyl (C=O) groups is 2. The van der Waals surface area contributed by atoms with Crippen molar-refractivity contribution in [3.8, 4) is 0 Å². The first-order chi connectivity index (χ1) is 6.88. The van der Waals surface area contributed by atoms with Gasteiger partial charge in [-0.25, -0.2) is 9.59 Å². The first-order valence-electron chi connectivity index (χ1n) is 4.78. The maximum Gasteiger partial charge on any atom is 0.335 e. The summed E-state index contributed by atoms with van der Waals surface area (Å²) in [5.41, 5.74) is -0.127. The molecule has 1 aliphatic rings. The Morgan fingerprint density at radius 2 is 2.00 bits per heavy atom. The highest BCUT2D eigenvalue weighted by molar-refractivity contribution is 5.95. The van der Waals surface area contributed by atoms with E-state index in [1.807, 2.05) is 13.8 Å². The molecule has 1 unspecified atom stereocenters. The molecule has 0 radical (unpaired) electrons. The minimum atomic E-state index is -1.08. The zero-order valence-electron chi connectivity index (χ0n) is 8.78. The van der Waals surface area contributed by atoms with Gasteiger partial charge in [0.25, 0.3) is 0 Å². The zero-order valence-corrected chi connectivity index (χ0v) is 8.78. The maximum absolute atomic E-state index is 10.8. The van der Waals surface area contributed by atoms with Crippen molar-refractivity contribution >= 4 is 11.9 Å². The summed E-state index contributed by atoms with van der Waals surface area (Å²) in [4.78, 5) is 21.7. The van der Waals surface area contributed by atoms with E-state index in [0.29, 0.717) is 12.8 Å². The van der Waals surface area contributed by atoms with Gasteiger partial charge in [-0.05, 0) is 24.3 Å². The van der Waals surface area contributed by atoms with Gasteiger partial charge in [0.1, 0.15) is 0 Å². The molecule has 0 saturated heterocycles. The molecule has 1 rings (SSSR count). The predicted octanol–water partition coefficient (Wildman–Crippen LogP) is 1.83. The van der Waals surface area contributed by atoms with Crippen LogP contribution < -0.4 is 0 Å². The van der Waals surface area contributed by atoms with Gasteiger partial charge in [0.15, 0.2) is 0 Å². The molecule has 82 valence electrons. The molecule has 0 spiro atoms. The van der Waals surface area contributed by atoms with Crippen molar-refractivity contribution in [2.24, 2.45) is 5.41 Å². The second kappa shape index (κ2) is 3.88. The molecular formula is C11H14O4. The number of carboxylic acid groups (broad SMARTS) is 2. The highest BCUT2D eigenvalue weighted by Crippen LogP contribution is 2.36. The highest BCUT2D eigenvalue weighted by Gasteiger charge is 2.29. The van der Waals surface area contributed by atoms with Crippen molar-refractivity contribution in [2.45, 2.75) is 26.7 Å². The Kier molecular flexibility index (Phi) is 2.98. The average molecular weight is 210 g/mol. The molecule has 0 fully saturated rings. The van der Waals surface area contributed by atoms with Crippen LogP contribution in [0.4, 0.5) is 0 Å². The van der Waals surface area contributed by atoms with Crippen LogP contribution in [-0.2, 0) is 9.59 Å². The van der Waals surface area contributed by atoms with Crippen LogP contribution in [0, 0.1) is 5.41 Å². The molecule has 15 heavy (non-hydrogen) atoms. The van der Waals surface area contributed by atoms with Crippen LogP contribution >= 0.6 is 0 Å². The number of carboxylic acids is 2. The lowest BCUT2D eigenvalue weighted by Crippen LogP contribution is -2.22. The molecule has 1 atom stereocenters. The number of aliphatic carboxylic acids is 2. The fourth-order valence-corrected chi connectivity index (χ4v) is 1.63. The van der Waals surface area contributed by atoms with Gasteiger partial charge in [-0.15, -0.1) is 0 Å². The van der Waals surface area contributed by atoms with Gasteiger partial charge in [-0.2, -0.15) is 0 Å². The Balaban J connectivity index is 3.13. The van der Waals surface area contributed by atoms with E-state index in [1.54, 1.807) is 6.08 Å². The zero-order chi connectivity index (χ0) is 11.6. The summed E-state index contributed by atoms with van der Waals surface area (Å²) in [6.45, 7) is 3.78. The lowest BCUT2D eigenvalue weighted by atomic mass is 9.76. The monoisotopic (exact) mass is 210 g/mol. The topological polar surface area (TPSA) is 74.6 Å². The number of hydrogen-bond donors (Lipinski definition) is 2. The quantitative estimate of drug-likeness (QED) is 0.745. The normalized spacial score (nSPS) is 25.5. The Labute approximate surface area is 87.9 Å². The summed E-state index contributed by atoms with van der Waals surface area (Å²) in [7, 11) is 0. The lowest BCUT2D eigenvalue weighted by molar-refractivity contribution is -0.133. The van der Waals surface area contributed by atoms with Crippen molar-refractivity contribution in [2.75, 3.05) is 0 Å². The van der Waals surface area contributed by atoms with Crippen LogP contribution in [0.25, 0.3) is 0 Å². The first kappa shape index (κ1) is 11.5. The van der Waals surface area contributed by atoms with Gasteiger partial charge in [0.05, 0.1) is 5.57 Å². The van der Waals surface area contributed by atoms with Crippen LogP contribution in [0.1, 0.15) is 26.7 Å². The van der Waals surface area contributed by atoms with Crippen LogP contribution in [0.5, 0.6) is 0 Å². The summed E-state index contributed by atoms with van der Waals surface area (Å²) in [6, 6.07) is 0. The molecule has 0 aliphatic heterocycles. The predicted molar refractivity (Wildman–Crippen MR) is 54.5 cm³/mol. The summed E-state index contributed by atoms with van der Waals surface area (Å²) in [5, 5.41) is 17.7. The van der Waals surface area contributed by atoms with E-state index in [9.17, 15) is 9.59 Å². The minimum Gasteiger partial charge on any atom is -0.478 e. The summed E-state index contributed by atoms with van der Waals surface area (Å²) in [6.07, 6.45) is 3.98. The molecule has 4 nitrogen and oxygen atoms in total. The maximum atomic E-state index is 10.8. The molecule has 0 amide bonds. The Morgan fingerprint density at radius 1 is 1.40 bits per heavy atom. The van der Waals surface area contributed by atoms with Gasteiger partial charge in [-0.3, -0.25) is 0 Å². The fourth-order valence-electron chi connectivity index (χ4n) is 1.63. The van der Waals surface area contributed by atoms with E-state index >= 15 is 0 Å². The molecular weight excluding hydrogens is 196 g/mol. The summed E-state index contributed by atoms with van der Waals surface area (Å²) in [5.74, 6) is -2.12. The van der Waals surface area contributed by atoms with E-state index in [0.717, 1.165) is 0 Å². The smallest absolute Gasteiger partial charge is 0.335 e. The Bertz CT molecular complexity index is 365. The second-order valence-corrected chi connectivity index (χ2v) is 4.06. The summed E-state index contributed by atoms with van der Waals surface area (Å²) >= 11 is 0. The van der Waals surface area contributed by atoms with Gasteiger partial charge >= 0.3 is 11.9 Å². The van der Waals surface area contributed by atoms with E-state index in [1.165, 1.54) is 6.08 Å². The molecule has 2 N–H and O–H groups in total. The molecule has 0 aromatic rings. The fraction of sp³-hybridized carbons (Fsp3) is 0.455. The molecule has 0 aromatic carbocycles. The molecule has 0 saturated carbocycles. The molecule has 0 heterocycles. The number of allylic oxidation sites excluding steroid dienone is 1. The van der Waals surface area contributed by atoms with Gasteiger partial charge in [-0.1, -0.05) is 19.9 Å². The largest absolute Gasteiger partial charge is 0.478 e. The second-order valence-electron chi connectivity index (χ2n) is 4.06. The van der Waals surface area contributed by atoms with Crippen molar-refractivity contribution < 1.29 is 19.8 Å². The Hall–Kier alpha value is -1.58. The number of hydrogen-bond acceptors (Lipinski definition) is 2. The highest BCUT2D eigenvalue weighted by atomic mass is 16.4. The van der Waals surface area contributed by atoms with E-state index in [-0.39, 0.29) is 16.6 Å². The third-order valence-electron chi connectivity index (χ3n) is 2.76. The average Bonchev–Trinajstić information content (AvgIpc) is 2.17. The van der Waals surface area contributed by atoms with Crippen LogP contribution in [0.3, 0.4) is 0 Å². The standard InChI is InChI=1S/C11H14O4/c1-3-11(2)5-7(9(12)13)4-8(6-11)10(14)15/h4-5H,3,6H2,1-2H3,(H,12,13)(H,14,15). The van der Waals surface area contributed by atoms with Crippen LogP contribution in [-0.4, -0.2) is 22.2 Å². The van der Waals surface area contributed by atoms with Crippen molar-refractivity contribution in [1.29, 1.82) is 0 Å². The minimum absolute atomic E-state index is 0.0722. The van der Waals surface area contributed by atoms with Gasteiger partial charge < -0.3 is 10.2 Å². The molecule has 0 bridgehead atoms. The van der Waals surface area contributed by atoms with Crippen molar-refractivity contribution in [3.05, 3.63) is 23.3 Å². The van der Waals surface area contributed by atoms with E-state index < -0.39 is 11.9 Å².